The lowest BCUT2D eigenvalue weighted by Gasteiger charge is -2.22. The van der Waals surface area contributed by atoms with Crippen LogP contribution in [0.5, 0.6) is 0 Å². The number of aliphatic imine (C=N–C) groups is 1. The Morgan fingerprint density at radius 1 is 1.15 bits per heavy atom. The molecule has 7 nitrogen and oxygen atoms in total. The van der Waals surface area contributed by atoms with Gasteiger partial charge in [0.2, 0.25) is 0 Å². The molecule has 3 N–H and O–H groups in total. The topological polar surface area (TPSA) is 83.3 Å². The van der Waals surface area contributed by atoms with Gasteiger partial charge in [0.15, 0.2) is 0 Å². The van der Waals surface area contributed by atoms with Gasteiger partial charge in [0.05, 0.1) is 5.69 Å². The fraction of sp³-hybridized carbons (Fsp3) is 0.269. The zero-order chi connectivity index (χ0) is 22.6. The second-order valence-corrected chi connectivity index (χ2v) is 8.33. The summed E-state index contributed by atoms with van der Waals surface area (Å²) in [4.78, 5) is 16.9. The summed E-state index contributed by atoms with van der Waals surface area (Å²) in [6.45, 7) is 4.37. The van der Waals surface area contributed by atoms with Crippen LogP contribution in [0.25, 0.3) is 16.8 Å². The second-order valence-electron chi connectivity index (χ2n) is 8.33. The van der Waals surface area contributed by atoms with E-state index in [1.807, 2.05) is 65.5 Å². The van der Waals surface area contributed by atoms with Crippen molar-refractivity contribution in [2.45, 2.75) is 32.6 Å². The molecule has 3 aromatic rings. The van der Waals surface area contributed by atoms with Crippen molar-refractivity contribution in [1.82, 2.24) is 20.4 Å². The first kappa shape index (κ1) is 21.2. The average Bonchev–Trinajstić information content (AvgIpc) is 3.51. The molecule has 1 saturated heterocycles. The molecule has 168 valence electrons. The molecule has 33 heavy (non-hydrogen) atoms. The lowest BCUT2D eigenvalue weighted by molar-refractivity contribution is 0.251. The molecular weight excluding hydrogens is 412 g/mol. The number of urea groups is 1. The monoisotopic (exact) mass is 440 g/mol. The molecule has 5 rings (SSSR count). The first-order chi connectivity index (χ1) is 16.2. The predicted octanol–water partition coefficient (Wildman–Crippen LogP) is 4.30. The lowest BCUT2D eigenvalue weighted by Crippen LogP contribution is -2.28. The molecule has 2 atom stereocenters. The number of carbonyl (C=O) groups is 1. The summed E-state index contributed by atoms with van der Waals surface area (Å²) in [5.41, 5.74) is 6.23. The van der Waals surface area contributed by atoms with E-state index in [1.54, 1.807) is 0 Å². The van der Waals surface area contributed by atoms with Crippen molar-refractivity contribution in [3.8, 4) is 11.3 Å². The summed E-state index contributed by atoms with van der Waals surface area (Å²) in [6, 6.07) is 17.5. The number of fused-ring (bicyclic) bond motifs is 1. The SMILES string of the molecule is CCn1cc(C2=CC=NC3NCCC23)c(-c2ccc(NC(=O)NCc3ccccc3)cc2)n1. The fourth-order valence-corrected chi connectivity index (χ4v) is 4.47. The molecule has 3 heterocycles. The van der Waals surface area contributed by atoms with E-state index in [0.717, 1.165) is 47.6 Å². The maximum atomic E-state index is 12.3. The van der Waals surface area contributed by atoms with E-state index in [4.69, 9.17) is 5.10 Å². The minimum Gasteiger partial charge on any atom is -0.334 e. The number of dihydropyridines is 1. The van der Waals surface area contributed by atoms with Crippen molar-refractivity contribution < 1.29 is 4.79 Å². The van der Waals surface area contributed by atoms with E-state index in [0.29, 0.717) is 12.5 Å². The third-order valence-electron chi connectivity index (χ3n) is 6.20. The van der Waals surface area contributed by atoms with Crippen molar-refractivity contribution in [2.75, 3.05) is 11.9 Å². The number of amides is 2. The van der Waals surface area contributed by atoms with E-state index in [-0.39, 0.29) is 12.2 Å². The molecule has 2 unspecified atom stereocenters. The standard InChI is InChI=1S/C26H28N6O/c1-2-32-17-23(21-12-14-27-25-22(21)13-15-28-25)24(31-32)19-8-10-20(11-9-19)30-26(33)29-16-18-6-4-3-5-7-18/h3-12,14,17,22,25,28H,2,13,15-16H2,1H3,(H2,29,30,33). The van der Waals surface area contributed by atoms with Crippen LogP contribution in [0.1, 0.15) is 24.5 Å². The number of carbonyl (C=O) groups excluding carboxylic acids is 1. The number of aromatic nitrogens is 2. The summed E-state index contributed by atoms with van der Waals surface area (Å²) < 4.78 is 1.98. The van der Waals surface area contributed by atoms with E-state index >= 15 is 0 Å². The van der Waals surface area contributed by atoms with E-state index in [9.17, 15) is 4.79 Å². The van der Waals surface area contributed by atoms with Crippen LogP contribution in [0, 0.1) is 5.92 Å². The number of benzene rings is 2. The van der Waals surface area contributed by atoms with Crippen LogP contribution in [0.2, 0.25) is 0 Å². The first-order valence-electron chi connectivity index (χ1n) is 11.4. The van der Waals surface area contributed by atoms with Gasteiger partial charge in [-0.15, -0.1) is 0 Å². The van der Waals surface area contributed by atoms with Gasteiger partial charge in [-0.2, -0.15) is 5.10 Å². The van der Waals surface area contributed by atoms with E-state index in [1.165, 1.54) is 5.57 Å². The van der Waals surface area contributed by atoms with Crippen molar-refractivity contribution in [3.05, 3.63) is 78.0 Å². The van der Waals surface area contributed by atoms with Gasteiger partial charge in [0, 0.05) is 48.2 Å². The summed E-state index contributed by atoms with van der Waals surface area (Å²) in [5.74, 6) is 0.373. The van der Waals surface area contributed by atoms with Gasteiger partial charge in [0.25, 0.3) is 0 Å². The molecule has 1 fully saturated rings. The Kier molecular flexibility index (Phi) is 6.04. The van der Waals surface area contributed by atoms with Crippen LogP contribution in [0.15, 0.2) is 71.9 Å². The lowest BCUT2D eigenvalue weighted by atomic mass is 9.87. The Morgan fingerprint density at radius 2 is 1.97 bits per heavy atom. The number of nitrogens with zero attached hydrogens (tertiary/aromatic N) is 3. The molecule has 0 saturated carbocycles. The van der Waals surface area contributed by atoms with E-state index in [2.05, 4.69) is 40.1 Å². The Morgan fingerprint density at radius 3 is 2.76 bits per heavy atom. The Bertz CT molecular complexity index is 1180. The Hall–Kier alpha value is -3.71. The fourth-order valence-electron chi connectivity index (χ4n) is 4.47. The minimum absolute atomic E-state index is 0.156. The molecule has 0 spiro atoms. The largest absolute Gasteiger partial charge is 0.334 e. The smallest absolute Gasteiger partial charge is 0.319 e. The Labute approximate surface area is 193 Å². The minimum atomic E-state index is -0.228. The molecule has 2 aliphatic rings. The molecule has 2 amide bonds. The second kappa shape index (κ2) is 9.42. The van der Waals surface area contributed by atoms with E-state index < -0.39 is 0 Å². The third kappa shape index (κ3) is 4.59. The maximum Gasteiger partial charge on any atom is 0.319 e. The molecule has 2 aromatic carbocycles. The highest BCUT2D eigenvalue weighted by atomic mass is 16.2. The van der Waals surface area contributed by atoms with Gasteiger partial charge in [0.1, 0.15) is 6.17 Å². The molecule has 0 radical (unpaired) electrons. The first-order valence-corrected chi connectivity index (χ1v) is 11.4. The van der Waals surface area contributed by atoms with Crippen LogP contribution in [-0.4, -0.2) is 34.7 Å². The van der Waals surface area contributed by atoms with Crippen LogP contribution < -0.4 is 16.0 Å². The van der Waals surface area contributed by atoms with Crippen LogP contribution in [0.4, 0.5) is 10.5 Å². The van der Waals surface area contributed by atoms with Gasteiger partial charge >= 0.3 is 6.03 Å². The van der Waals surface area contributed by atoms with Crippen molar-refractivity contribution in [2.24, 2.45) is 10.9 Å². The summed E-state index contributed by atoms with van der Waals surface area (Å²) in [7, 11) is 0. The average molecular weight is 441 g/mol. The number of anilines is 1. The number of hydrogen-bond acceptors (Lipinski definition) is 4. The number of allylic oxidation sites excluding steroid dienone is 1. The molecule has 2 aliphatic heterocycles. The van der Waals surface area contributed by atoms with Gasteiger partial charge in [-0.3, -0.25) is 15.0 Å². The Balaban J connectivity index is 1.32. The number of aryl methyl sites for hydroxylation is 1. The zero-order valence-electron chi connectivity index (χ0n) is 18.7. The van der Waals surface area contributed by atoms with Crippen LogP contribution in [-0.2, 0) is 13.1 Å². The quantitative estimate of drug-likeness (QED) is 0.535. The highest BCUT2D eigenvalue weighted by Crippen LogP contribution is 2.38. The predicted molar refractivity (Wildman–Crippen MR) is 132 cm³/mol. The van der Waals surface area contributed by atoms with Gasteiger partial charge in [-0.05, 0) is 49.2 Å². The molecule has 0 aliphatic carbocycles. The van der Waals surface area contributed by atoms with Crippen molar-refractivity contribution in [1.29, 1.82) is 0 Å². The van der Waals surface area contributed by atoms with Crippen molar-refractivity contribution >= 4 is 23.5 Å². The van der Waals surface area contributed by atoms with Crippen molar-refractivity contribution in [3.63, 3.8) is 0 Å². The van der Waals surface area contributed by atoms with Crippen LogP contribution >= 0.6 is 0 Å². The molecule has 0 bridgehead atoms. The third-order valence-corrected chi connectivity index (χ3v) is 6.20. The number of nitrogens with one attached hydrogen (secondary N) is 3. The molecular formula is C26H28N6O. The number of rotatable bonds is 6. The van der Waals surface area contributed by atoms with Gasteiger partial charge in [-0.25, -0.2) is 4.79 Å². The maximum absolute atomic E-state index is 12.3. The summed E-state index contributed by atoms with van der Waals surface area (Å²) >= 11 is 0. The highest BCUT2D eigenvalue weighted by Gasteiger charge is 2.33. The molecule has 1 aromatic heterocycles. The number of hydrogen-bond donors (Lipinski definition) is 3. The normalized spacial score (nSPS) is 19.1. The summed E-state index contributed by atoms with van der Waals surface area (Å²) in [6.07, 6.45) is 7.40. The van der Waals surface area contributed by atoms with Gasteiger partial charge in [-0.1, -0.05) is 42.5 Å². The highest BCUT2D eigenvalue weighted by molar-refractivity contribution is 5.92. The molecule has 7 heteroatoms. The summed E-state index contributed by atoms with van der Waals surface area (Å²) in [5, 5.41) is 14.1. The van der Waals surface area contributed by atoms with Crippen LogP contribution in [0.3, 0.4) is 0 Å². The zero-order valence-corrected chi connectivity index (χ0v) is 18.7. The van der Waals surface area contributed by atoms with Gasteiger partial charge < -0.3 is 10.6 Å².